The van der Waals surface area contributed by atoms with Gasteiger partial charge in [0, 0.05) is 29.9 Å². The van der Waals surface area contributed by atoms with Crippen LogP contribution in [0.5, 0.6) is 0 Å². The van der Waals surface area contributed by atoms with Crippen molar-refractivity contribution in [2.75, 3.05) is 23.3 Å². The minimum Gasteiger partial charge on any atom is -0.367 e. The Morgan fingerprint density at radius 2 is 2.00 bits per heavy atom. The number of aromatic nitrogens is 1. The monoisotopic (exact) mass is 279 g/mol. The lowest BCUT2D eigenvalue weighted by atomic mass is 10.2. The summed E-state index contributed by atoms with van der Waals surface area (Å²) in [5, 5.41) is 4.16. The standard InChI is InChI=1S/C14H18FN3S/c1-3-16-14-17-9-13(19-14)10-18(4-2)12-7-5-11(15)6-8-12/h5-9H,3-4,10H2,1-2H3,(H,16,17). The van der Waals surface area contributed by atoms with Gasteiger partial charge in [-0.05, 0) is 38.1 Å². The first-order valence-electron chi connectivity index (χ1n) is 6.42. The smallest absolute Gasteiger partial charge is 0.182 e. The zero-order chi connectivity index (χ0) is 13.7. The largest absolute Gasteiger partial charge is 0.367 e. The van der Waals surface area contributed by atoms with Gasteiger partial charge in [-0.1, -0.05) is 0 Å². The summed E-state index contributed by atoms with van der Waals surface area (Å²) in [6, 6.07) is 6.61. The first kappa shape index (κ1) is 13.8. The van der Waals surface area contributed by atoms with Crippen molar-refractivity contribution in [2.24, 2.45) is 0 Å². The minimum atomic E-state index is -0.202. The second-order valence-electron chi connectivity index (χ2n) is 4.15. The van der Waals surface area contributed by atoms with Gasteiger partial charge in [0.25, 0.3) is 0 Å². The molecule has 0 saturated heterocycles. The Labute approximate surface area is 117 Å². The van der Waals surface area contributed by atoms with E-state index in [1.807, 2.05) is 18.3 Å². The SMILES string of the molecule is CCNc1ncc(CN(CC)c2ccc(F)cc2)s1. The minimum absolute atomic E-state index is 0.202. The van der Waals surface area contributed by atoms with Crippen LogP contribution in [0.4, 0.5) is 15.2 Å². The molecule has 0 fully saturated rings. The Kier molecular flexibility index (Phi) is 4.74. The Hall–Kier alpha value is -1.62. The molecule has 1 aromatic carbocycles. The van der Waals surface area contributed by atoms with Crippen LogP contribution in [-0.4, -0.2) is 18.1 Å². The zero-order valence-electron chi connectivity index (χ0n) is 11.2. The highest BCUT2D eigenvalue weighted by Crippen LogP contribution is 2.23. The van der Waals surface area contributed by atoms with Crippen molar-refractivity contribution in [1.29, 1.82) is 0 Å². The van der Waals surface area contributed by atoms with Crippen LogP contribution < -0.4 is 10.2 Å². The molecular weight excluding hydrogens is 261 g/mol. The molecule has 3 nitrogen and oxygen atoms in total. The van der Waals surface area contributed by atoms with Crippen LogP contribution in [-0.2, 0) is 6.54 Å². The maximum Gasteiger partial charge on any atom is 0.182 e. The second-order valence-corrected chi connectivity index (χ2v) is 5.27. The maximum atomic E-state index is 12.9. The Balaban J connectivity index is 2.07. The van der Waals surface area contributed by atoms with Crippen molar-refractivity contribution in [3.63, 3.8) is 0 Å². The number of hydrogen-bond donors (Lipinski definition) is 1. The van der Waals surface area contributed by atoms with Crippen LogP contribution in [0.2, 0.25) is 0 Å². The first-order chi connectivity index (χ1) is 9.22. The molecule has 0 aliphatic carbocycles. The third-order valence-corrected chi connectivity index (χ3v) is 3.74. The van der Waals surface area contributed by atoms with E-state index < -0.39 is 0 Å². The van der Waals surface area contributed by atoms with Crippen LogP contribution in [0.25, 0.3) is 0 Å². The molecule has 0 spiro atoms. The molecule has 0 bridgehead atoms. The molecule has 0 aliphatic rings. The number of benzene rings is 1. The fourth-order valence-corrected chi connectivity index (χ4v) is 2.74. The second kappa shape index (κ2) is 6.52. The summed E-state index contributed by atoms with van der Waals surface area (Å²) in [6.07, 6.45) is 1.90. The number of thiazole rings is 1. The fourth-order valence-electron chi connectivity index (χ4n) is 1.84. The number of halogens is 1. The molecule has 19 heavy (non-hydrogen) atoms. The summed E-state index contributed by atoms with van der Waals surface area (Å²) in [5.41, 5.74) is 1.03. The fraction of sp³-hybridized carbons (Fsp3) is 0.357. The molecule has 0 saturated carbocycles. The highest BCUT2D eigenvalue weighted by molar-refractivity contribution is 7.15. The van der Waals surface area contributed by atoms with E-state index in [1.165, 1.54) is 17.0 Å². The van der Waals surface area contributed by atoms with Gasteiger partial charge in [-0.25, -0.2) is 9.37 Å². The lowest BCUT2D eigenvalue weighted by molar-refractivity contribution is 0.627. The van der Waals surface area contributed by atoms with Gasteiger partial charge in [0.1, 0.15) is 5.82 Å². The summed E-state index contributed by atoms with van der Waals surface area (Å²) in [4.78, 5) is 7.72. The third kappa shape index (κ3) is 3.67. The zero-order valence-corrected chi connectivity index (χ0v) is 12.0. The summed E-state index contributed by atoms with van der Waals surface area (Å²) in [5.74, 6) is -0.202. The summed E-state index contributed by atoms with van der Waals surface area (Å²) in [6.45, 7) is 6.70. The molecule has 1 aromatic heterocycles. The molecule has 0 amide bonds. The highest BCUT2D eigenvalue weighted by Gasteiger charge is 2.08. The number of nitrogens with one attached hydrogen (secondary N) is 1. The topological polar surface area (TPSA) is 28.2 Å². The van der Waals surface area contributed by atoms with Crippen molar-refractivity contribution in [3.8, 4) is 0 Å². The molecule has 1 heterocycles. The predicted octanol–water partition coefficient (Wildman–Crippen LogP) is 3.74. The molecule has 5 heteroatoms. The predicted molar refractivity (Wildman–Crippen MR) is 79.4 cm³/mol. The average Bonchev–Trinajstić information content (AvgIpc) is 2.85. The molecule has 102 valence electrons. The highest BCUT2D eigenvalue weighted by atomic mass is 32.1. The molecular formula is C14H18FN3S. The van der Waals surface area contributed by atoms with Gasteiger partial charge in [-0.3, -0.25) is 0 Å². The summed E-state index contributed by atoms with van der Waals surface area (Å²) < 4.78 is 12.9. The van der Waals surface area contributed by atoms with Crippen LogP contribution in [0.3, 0.4) is 0 Å². The van der Waals surface area contributed by atoms with Crippen LogP contribution >= 0.6 is 11.3 Å². The average molecular weight is 279 g/mol. The van der Waals surface area contributed by atoms with Gasteiger partial charge in [0.05, 0.1) is 6.54 Å². The molecule has 2 aromatic rings. The first-order valence-corrected chi connectivity index (χ1v) is 7.23. The van der Waals surface area contributed by atoms with E-state index in [0.717, 1.165) is 30.5 Å². The Morgan fingerprint density at radius 1 is 1.26 bits per heavy atom. The summed E-state index contributed by atoms with van der Waals surface area (Å²) in [7, 11) is 0. The van der Waals surface area contributed by atoms with Gasteiger partial charge >= 0.3 is 0 Å². The van der Waals surface area contributed by atoms with Gasteiger partial charge in [-0.15, -0.1) is 11.3 Å². The van der Waals surface area contributed by atoms with Crippen LogP contribution in [0, 0.1) is 5.82 Å². The number of nitrogens with zero attached hydrogens (tertiary/aromatic N) is 2. The molecule has 1 N–H and O–H groups in total. The Morgan fingerprint density at radius 3 is 2.63 bits per heavy atom. The van der Waals surface area contributed by atoms with Crippen LogP contribution in [0.1, 0.15) is 18.7 Å². The van der Waals surface area contributed by atoms with Crippen LogP contribution in [0.15, 0.2) is 30.5 Å². The van der Waals surface area contributed by atoms with Crippen molar-refractivity contribution in [3.05, 3.63) is 41.2 Å². The third-order valence-electron chi connectivity index (χ3n) is 2.80. The van der Waals surface area contributed by atoms with E-state index in [0.29, 0.717) is 0 Å². The quantitative estimate of drug-likeness (QED) is 0.873. The molecule has 0 unspecified atom stereocenters. The van der Waals surface area contributed by atoms with Crippen molar-refractivity contribution >= 4 is 22.2 Å². The summed E-state index contributed by atoms with van der Waals surface area (Å²) >= 11 is 1.66. The van der Waals surface area contributed by atoms with Crippen molar-refractivity contribution in [1.82, 2.24) is 4.98 Å². The normalized spacial score (nSPS) is 10.5. The van der Waals surface area contributed by atoms with E-state index >= 15 is 0 Å². The molecule has 2 rings (SSSR count). The number of hydrogen-bond acceptors (Lipinski definition) is 4. The van der Waals surface area contributed by atoms with E-state index in [-0.39, 0.29) is 5.82 Å². The number of anilines is 2. The van der Waals surface area contributed by atoms with Gasteiger partial charge in [0.2, 0.25) is 0 Å². The van der Waals surface area contributed by atoms with Gasteiger partial charge < -0.3 is 10.2 Å². The lowest BCUT2D eigenvalue weighted by Crippen LogP contribution is -2.21. The Bertz CT molecular complexity index is 510. The van der Waals surface area contributed by atoms with E-state index in [4.69, 9.17) is 0 Å². The van der Waals surface area contributed by atoms with E-state index in [2.05, 4.69) is 29.0 Å². The van der Waals surface area contributed by atoms with Gasteiger partial charge in [-0.2, -0.15) is 0 Å². The molecule has 0 aliphatic heterocycles. The molecule has 0 atom stereocenters. The number of rotatable bonds is 6. The van der Waals surface area contributed by atoms with E-state index in [9.17, 15) is 4.39 Å². The van der Waals surface area contributed by atoms with Gasteiger partial charge in [0.15, 0.2) is 5.13 Å². The maximum absolute atomic E-state index is 12.9. The van der Waals surface area contributed by atoms with E-state index in [1.54, 1.807) is 11.3 Å². The van der Waals surface area contributed by atoms with Crippen molar-refractivity contribution < 1.29 is 4.39 Å². The lowest BCUT2D eigenvalue weighted by Gasteiger charge is -2.22. The van der Waals surface area contributed by atoms with Crippen molar-refractivity contribution in [2.45, 2.75) is 20.4 Å². The molecule has 0 radical (unpaired) electrons.